The van der Waals surface area contributed by atoms with Gasteiger partial charge in [0.1, 0.15) is 5.82 Å². The van der Waals surface area contributed by atoms with Gasteiger partial charge in [-0.2, -0.15) is 11.8 Å². The van der Waals surface area contributed by atoms with Crippen LogP contribution in [0.3, 0.4) is 0 Å². The van der Waals surface area contributed by atoms with E-state index in [2.05, 4.69) is 6.92 Å². The van der Waals surface area contributed by atoms with Crippen molar-refractivity contribution in [1.82, 2.24) is 0 Å². The van der Waals surface area contributed by atoms with Gasteiger partial charge in [0.2, 0.25) is 0 Å². The van der Waals surface area contributed by atoms with Gasteiger partial charge in [0.05, 0.1) is 6.10 Å². The first-order chi connectivity index (χ1) is 7.65. The summed E-state index contributed by atoms with van der Waals surface area (Å²) in [5.74, 6) is 0.534. The van der Waals surface area contributed by atoms with E-state index in [-0.39, 0.29) is 5.82 Å². The van der Waals surface area contributed by atoms with Crippen LogP contribution < -0.4 is 5.73 Å². The van der Waals surface area contributed by atoms with E-state index in [4.69, 9.17) is 10.5 Å². The van der Waals surface area contributed by atoms with E-state index in [9.17, 15) is 4.39 Å². The van der Waals surface area contributed by atoms with E-state index in [0.717, 1.165) is 24.3 Å². The molecular weight excluding hydrogens is 225 g/mol. The average Bonchev–Trinajstić information content (AvgIpc) is 2.59. The normalized spacial score (nSPS) is 24.9. The zero-order chi connectivity index (χ0) is 11.5. The fourth-order valence-electron chi connectivity index (χ4n) is 1.89. The molecule has 0 aliphatic carbocycles. The molecule has 2 nitrogen and oxygen atoms in total. The van der Waals surface area contributed by atoms with Crippen molar-refractivity contribution in [3.63, 3.8) is 0 Å². The van der Waals surface area contributed by atoms with Crippen LogP contribution >= 0.6 is 11.8 Å². The van der Waals surface area contributed by atoms with Crippen molar-refractivity contribution >= 4 is 17.4 Å². The number of ether oxygens (including phenoxy) is 1. The van der Waals surface area contributed by atoms with Crippen molar-refractivity contribution < 1.29 is 9.13 Å². The maximum atomic E-state index is 13.1. The van der Waals surface area contributed by atoms with E-state index in [0.29, 0.717) is 17.0 Å². The zero-order valence-corrected chi connectivity index (χ0v) is 10.1. The molecule has 0 bridgehead atoms. The maximum absolute atomic E-state index is 13.1. The number of rotatable bonds is 3. The lowest BCUT2D eigenvalue weighted by atomic mass is 10.2. The molecular formula is C12H16FNOS. The molecule has 1 heterocycles. The summed E-state index contributed by atoms with van der Waals surface area (Å²) in [4.78, 5) is 0. The van der Waals surface area contributed by atoms with Gasteiger partial charge in [-0.05, 0) is 37.1 Å². The van der Waals surface area contributed by atoms with Crippen LogP contribution in [0.2, 0.25) is 0 Å². The second-order valence-electron chi connectivity index (χ2n) is 4.11. The van der Waals surface area contributed by atoms with E-state index in [1.807, 2.05) is 17.8 Å². The Labute approximate surface area is 99.4 Å². The molecule has 1 aliphatic heterocycles. The minimum atomic E-state index is -0.258. The summed E-state index contributed by atoms with van der Waals surface area (Å²) in [7, 11) is 0. The lowest BCUT2D eigenvalue weighted by Gasteiger charge is -2.13. The van der Waals surface area contributed by atoms with Crippen molar-refractivity contribution in [3.8, 4) is 0 Å². The molecule has 1 saturated heterocycles. The van der Waals surface area contributed by atoms with Crippen LogP contribution in [0.1, 0.15) is 18.9 Å². The molecule has 88 valence electrons. The molecule has 16 heavy (non-hydrogen) atoms. The molecule has 0 spiro atoms. The molecule has 2 rings (SSSR count). The Hall–Kier alpha value is -0.740. The lowest BCUT2D eigenvalue weighted by Crippen LogP contribution is -2.13. The largest absolute Gasteiger partial charge is 0.399 e. The van der Waals surface area contributed by atoms with Crippen molar-refractivity contribution in [1.29, 1.82) is 0 Å². The number of anilines is 1. The predicted octanol–water partition coefficient (Wildman–Crippen LogP) is 2.82. The highest BCUT2D eigenvalue weighted by Gasteiger charge is 2.24. The number of nitrogen functional groups attached to an aromatic ring is 1. The van der Waals surface area contributed by atoms with Crippen LogP contribution in [0.25, 0.3) is 0 Å². The van der Waals surface area contributed by atoms with Gasteiger partial charge in [-0.3, -0.25) is 0 Å². The Balaban J connectivity index is 1.94. The van der Waals surface area contributed by atoms with Gasteiger partial charge in [0.25, 0.3) is 0 Å². The van der Waals surface area contributed by atoms with Crippen LogP contribution in [0, 0.1) is 5.82 Å². The van der Waals surface area contributed by atoms with E-state index < -0.39 is 0 Å². The van der Waals surface area contributed by atoms with Crippen LogP contribution in [0.15, 0.2) is 18.2 Å². The van der Waals surface area contributed by atoms with Gasteiger partial charge >= 0.3 is 0 Å². The summed E-state index contributed by atoms with van der Waals surface area (Å²) in [6.45, 7) is 2.93. The Morgan fingerprint density at radius 3 is 2.94 bits per heavy atom. The molecule has 1 fully saturated rings. The molecule has 2 unspecified atom stereocenters. The van der Waals surface area contributed by atoms with Crippen LogP contribution in [0.4, 0.5) is 10.1 Å². The first-order valence-corrected chi connectivity index (χ1v) is 6.48. The summed E-state index contributed by atoms with van der Waals surface area (Å²) >= 11 is 1.82. The Kier molecular flexibility index (Phi) is 3.71. The highest BCUT2D eigenvalue weighted by molar-refractivity contribution is 7.99. The van der Waals surface area contributed by atoms with Gasteiger partial charge in [-0.25, -0.2) is 4.39 Å². The molecule has 0 aromatic heterocycles. The Morgan fingerprint density at radius 1 is 1.50 bits per heavy atom. The summed E-state index contributed by atoms with van der Waals surface area (Å²) in [5.41, 5.74) is 7.03. The predicted molar refractivity (Wildman–Crippen MR) is 65.9 cm³/mol. The van der Waals surface area contributed by atoms with E-state index in [1.54, 1.807) is 6.07 Å². The minimum Gasteiger partial charge on any atom is -0.399 e. The van der Waals surface area contributed by atoms with Gasteiger partial charge in [-0.15, -0.1) is 0 Å². The number of hydrogen-bond acceptors (Lipinski definition) is 3. The molecule has 1 aliphatic rings. The zero-order valence-electron chi connectivity index (χ0n) is 9.28. The maximum Gasteiger partial charge on any atom is 0.125 e. The second kappa shape index (κ2) is 5.06. The quantitative estimate of drug-likeness (QED) is 0.826. The third-order valence-electron chi connectivity index (χ3n) is 2.75. The van der Waals surface area contributed by atoms with Crippen LogP contribution in [-0.4, -0.2) is 18.0 Å². The average molecular weight is 241 g/mol. The first-order valence-electron chi connectivity index (χ1n) is 5.43. The highest BCUT2D eigenvalue weighted by Crippen LogP contribution is 2.29. The SMILES string of the molecule is CC1OCCC1SCc1cc(N)cc(F)c1. The molecule has 1 aromatic rings. The molecule has 2 N–H and O–H groups in total. The smallest absolute Gasteiger partial charge is 0.125 e. The Morgan fingerprint density at radius 2 is 2.31 bits per heavy atom. The number of benzene rings is 1. The van der Waals surface area contributed by atoms with Crippen molar-refractivity contribution in [2.75, 3.05) is 12.3 Å². The molecule has 0 saturated carbocycles. The monoisotopic (exact) mass is 241 g/mol. The topological polar surface area (TPSA) is 35.2 Å². The number of thioether (sulfide) groups is 1. The number of nitrogens with two attached hydrogens (primary N) is 1. The third kappa shape index (κ3) is 2.89. The Bertz CT molecular complexity index is 352. The second-order valence-corrected chi connectivity index (χ2v) is 5.33. The van der Waals surface area contributed by atoms with E-state index >= 15 is 0 Å². The van der Waals surface area contributed by atoms with Crippen molar-refractivity contribution in [3.05, 3.63) is 29.6 Å². The molecule has 4 heteroatoms. The van der Waals surface area contributed by atoms with Crippen LogP contribution in [-0.2, 0) is 10.5 Å². The van der Waals surface area contributed by atoms with Gasteiger partial charge in [0.15, 0.2) is 0 Å². The summed E-state index contributed by atoms with van der Waals surface area (Å²) in [6, 6.07) is 4.72. The third-order valence-corrected chi connectivity index (χ3v) is 4.30. The van der Waals surface area contributed by atoms with Crippen molar-refractivity contribution in [2.24, 2.45) is 0 Å². The number of hydrogen-bond donors (Lipinski definition) is 1. The standard InChI is InChI=1S/C12H16FNOS/c1-8-12(2-3-15-8)16-7-9-4-10(13)6-11(14)5-9/h4-6,8,12H,2-3,7,14H2,1H3. The molecule has 0 radical (unpaired) electrons. The van der Waals surface area contributed by atoms with Crippen molar-refractivity contribution in [2.45, 2.75) is 30.5 Å². The summed E-state index contributed by atoms with van der Waals surface area (Å²) in [5, 5.41) is 0.518. The highest BCUT2D eigenvalue weighted by atomic mass is 32.2. The molecule has 2 atom stereocenters. The fourth-order valence-corrected chi connectivity index (χ4v) is 3.08. The first kappa shape index (κ1) is 11.7. The summed E-state index contributed by atoms with van der Waals surface area (Å²) < 4.78 is 18.6. The van der Waals surface area contributed by atoms with Gasteiger partial charge in [-0.1, -0.05) is 0 Å². The minimum absolute atomic E-state index is 0.258. The number of halogens is 1. The fraction of sp³-hybridized carbons (Fsp3) is 0.500. The van der Waals surface area contributed by atoms with Crippen LogP contribution in [0.5, 0.6) is 0 Å². The molecule has 0 amide bonds. The van der Waals surface area contributed by atoms with Gasteiger partial charge in [0, 0.05) is 23.3 Å². The molecule has 1 aromatic carbocycles. The van der Waals surface area contributed by atoms with E-state index in [1.165, 1.54) is 6.07 Å². The lowest BCUT2D eigenvalue weighted by molar-refractivity contribution is 0.127. The van der Waals surface area contributed by atoms with Gasteiger partial charge < -0.3 is 10.5 Å². The summed E-state index contributed by atoms with van der Waals surface area (Å²) in [6.07, 6.45) is 1.38.